The molecule has 0 saturated heterocycles. The summed E-state index contributed by atoms with van der Waals surface area (Å²) in [6, 6.07) is 10.7. The molecular weight excluding hydrogens is 447 g/mol. The quantitative estimate of drug-likeness (QED) is 0.356. The van der Waals surface area contributed by atoms with Gasteiger partial charge in [0.2, 0.25) is 0 Å². The average molecular weight is 469 g/mol. The van der Waals surface area contributed by atoms with Crippen LogP contribution in [0.2, 0.25) is 0 Å². The van der Waals surface area contributed by atoms with E-state index in [0.29, 0.717) is 23.8 Å². The van der Waals surface area contributed by atoms with Crippen LogP contribution in [0.4, 0.5) is 19.0 Å². The summed E-state index contributed by atoms with van der Waals surface area (Å²) in [5.41, 5.74) is 6.99. The van der Waals surface area contributed by atoms with Crippen LogP contribution in [0.1, 0.15) is 53.0 Å². The zero-order chi connectivity index (χ0) is 24.3. The number of alkyl halides is 3. The minimum absolute atomic E-state index is 0.0132. The van der Waals surface area contributed by atoms with E-state index in [-0.39, 0.29) is 29.4 Å². The van der Waals surface area contributed by atoms with E-state index in [9.17, 15) is 18.0 Å². The second-order valence-corrected chi connectivity index (χ2v) is 7.78. The Kier molecular flexibility index (Phi) is 6.49. The third-order valence-corrected chi connectivity index (χ3v) is 5.39. The van der Waals surface area contributed by atoms with E-state index in [4.69, 9.17) is 10.5 Å². The number of hydrogen-bond donors (Lipinski definition) is 1. The van der Waals surface area contributed by atoms with Gasteiger partial charge in [-0.3, -0.25) is 9.78 Å². The highest BCUT2D eigenvalue weighted by Gasteiger charge is 2.36. The van der Waals surface area contributed by atoms with E-state index in [0.717, 1.165) is 22.6 Å². The van der Waals surface area contributed by atoms with E-state index in [1.54, 1.807) is 48.8 Å². The number of nitrogens with zero attached hydrogens (tertiary/aromatic N) is 4. The lowest BCUT2D eigenvalue weighted by molar-refractivity contribution is -0.143. The number of carbonyl (C=O) groups excluding carboxylic acids is 1. The number of aromatic nitrogens is 4. The smallest absolute Gasteiger partial charge is 0.431 e. The van der Waals surface area contributed by atoms with E-state index < -0.39 is 18.0 Å². The summed E-state index contributed by atoms with van der Waals surface area (Å²) < 4.78 is 48.7. The lowest BCUT2D eigenvalue weighted by Gasteiger charge is -2.18. The van der Waals surface area contributed by atoms with Gasteiger partial charge in [0.15, 0.2) is 0 Å². The highest BCUT2D eigenvalue weighted by atomic mass is 19.4. The second kappa shape index (κ2) is 9.50. The average Bonchev–Trinajstić information content (AvgIpc) is 3.19. The Morgan fingerprint density at radius 1 is 1.12 bits per heavy atom. The van der Waals surface area contributed by atoms with Crippen LogP contribution in [-0.4, -0.2) is 25.8 Å². The molecule has 0 aliphatic carbocycles. The van der Waals surface area contributed by atoms with E-state index in [1.165, 1.54) is 0 Å². The van der Waals surface area contributed by atoms with Crippen molar-refractivity contribution in [3.63, 3.8) is 0 Å². The van der Waals surface area contributed by atoms with Crippen molar-refractivity contribution in [1.29, 1.82) is 0 Å². The molecule has 0 fully saturated rings. The molecule has 0 saturated carbocycles. The summed E-state index contributed by atoms with van der Waals surface area (Å²) >= 11 is 0. The summed E-state index contributed by atoms with van der Waals surface area (Å²) in [6.45, 7) is 1.86. The molecule has 1 atom stereocenters. The summed E-state index contributed by atoms with van der Waals surface area (Å²) in [5, 5.41) is 0.0835. The first-order chi connectivity index (χ1) is 16.3. The molecule has 1 aromatic carbocycles. The third kappa shape index (κ3) is 4.85. The first-order valence-corrected chi connectivity index (χ1v) is 10.6. The Morgan fingerprint density at radius 2 is 1.82 bits per heavy atom. The van der Waals surface area contributed by atoms with Crippen LogP contribution < -0.4 is 10.5 Å². The first-order valence-electron chi connectivity index (χ1n) is 10.6. The number of benzene rings is 1. The van der Waals surface area contributed by atoms with Crippen molar-refractivity contribution in [1.82, 2.24) is 19.5 Å². The number of carbonyl (C=O) groups is 1. The van der Waals surface area contributed by atoms with Gasteiger partial charge in [-0.05, 0) is 35.7 Å². The normalized spacial score (nSPS) is 12.6. The van der Waals surface area contributed by atoms with Crippen LogP contribution >= 0.6 is 0 Å². The molecule has 0 aliphatic heterocycles. The molecule has 0 spiro atoms. The molecule has 4 aromatic rings. The fraction of sp³-hybridized carbons (Fsp3) is 0.250. The molecule has 176 valence electrons. The van der Waals surface area contributed by atoms with Gasteiger partial charge in [0, 0.05) is 24.5 Å². The number of pyridine rings is 1. The highest BCUT2D eigenvalue weighted by Crippen LogP contribution is 2.36. The summed E-state index contributed by atoms with van der Waals surface area (Å²) in [6.07, 6.45) is 0.333. The number of anilines is 1. The first kappa shape index (κ1) is 23.2. The molecule has 7 nitrogen and oxygen atoms in total. The van der Waals surface area contributed by atoms with Crippen LogP contribution in [0.5, 0.6) is 6.01 Å². The minimum atomic E-state index is -4.64. The van der Waals surface area contributed by atoms with E-state index in [2.05, 4.69) is 15.0 Å². The van der Waals surface area contributed by atoms with Gasteiger partial charge in [-0.2, -0.15) is 23.1 Å². The van der Waals surface area contributed by atoms with Crippen molar-refractivity contribution < 1.29 is 22.7 Å². The monoisotopic (exact) mass is 469 g/mol. The van der Waals surface area contributed by atoms with Crippen molar-refractivity contribution >= 4 is 23.1 Å². The molecule has 0 radical (unpaired) electrons. The van der Waals surface area contributed by atoms with Crippen LogP contribution in [0.25, 0.3) is 11.0 Å². The molecule has 2 N–H and O–H groups in total. The van der Waals surface area contributed by atoms with Crippen LogP contribution in [0.3, 0.4) is 0 Å². The number of nitrogen functional groups attached to an aromatic ring is 1. The SMILES string of the molecule is CCCC(Oc1nc(N)c2cc(C(F)(F)F)n(Cc3ccc(C=O)cc3)c2n1)c1ccncc1. The maximum Gasteiger partial charge on any atom is 0.431 e. The molecule has 4 rings (SSSR count). The van der Waals surface area contributed by atoms with Crippen LogP contribution in [0.15, 0.2) is 54.9 Å². The lowest BCUT2D eigenvalue weighted by atomic mass is 10.1. The summed E-state index contributed by atoms with van der Waals surface area (Å²) in [4.78, 5) is 23.4. The Morgan fingerprint density at radius 3 is 2.44 bits per heavy atom. The number of aldehydes is 1. The molecule has 3 aromatic heterocycles. The number of fused-ring (bicyclic) bond motifs is 1. The number of halogens is 3. The topological polar surface area (TPSA) is 95.9 Å². The zero-order valence-electron chi connectivity index (χ0n) is 18.3. The van der Waals surface area contributed by atoms with Gasteiger partial charge in [-0.25, -0.2) is 0 Å². The largest absolute Gasteiger partial charge is 0.455 e. The number of nitrogens with two attached hydrogens (primary N) is 1. The molecule has 0 amide bonds. The Balaban J connectivity index is 1.78. The fourth-order valence-corrected chi connectivity index (χ4v) is 3.72. The molecule has 0 bridgehead atoms. The molecular formula is C24H22F3N5O2. The van der Waals surface area contributed by atoms with Crippen LogP contribution in [0, 0.1) is 0 Å². The molecule has 0 aliphatic rings. The van der Waals surface area contributed by atoms with Crippen molar-refractivity contribution in [2.75, 3.05) is 5.73 Å². The zero-order valence-corrected chi connectivity index (χ0v) is 18.3. The number of hydrogen-bond acceptors (Lipinski definition) is 6. The second-order valence-electron chi connectivity index (χ2n) is 7.78. The predicted molar refractivity (Wildman–Crippen MR) is 120 cm³/mol. The van der Waals surface area contributed by atoms with Gasteiger partial charge >= 0.3 is 12.2 Å². The van der Waals surface area contributed by atoms with Gasteiger partial charge in [-0.1, -0.05) is 37.6 Å². The number of rotatable bonds is 8. The predicted octanol–water partition coefficient (Wildman–Crippen LogP) is 5.21. The highest BCUT2D eigenvalue weighted by molar-refractivity contribution is 5.88. The van der Waals surface area contributed by atoms with Gasteiger partial charge in [0.05, 0.1) is 5.39 Å². The lowest BCUT2D eigenvalue weighted by Crippen LogP contribution is -2.15. The molecule has 3 heterocycles. The van der Waals surface area contributed by atoms with Gasteiger partial charge in [-0.15, -0.1) is 0 Å². The van der Waals surface area contributed by atoms with Crippen molar-refractivity contribution in [3.8, 4) is 6.01 Å². The standard InChI is InChI=1S/C24H22F3N5O2/c1-2-3-19(17-8-10-29-11-9-17)34-23-30-21(28)18-12-20(24(25,26)27)32(22(18)31-23)13-15-4-6-16(14-33)7-5-15/h4-12,14,19H,2-3,13H2,1H3,(H2,28,30,31). The molecule has 1 unspecified atom stereocenters. The summed E-state index contributed by atoms with van der Waals surface area (Å²) in [5.74, 6) is -0.106. The van der Waals surface area contributed by atoms with Gasteiger partial charge in [0.25, 0.3) is 0 Å². The van der Waals surface area contributed by atoms with E-state index in [1.807, 2.05) is 6.92 Å². The third-order valence-electron chi connectivity index (χ3n) is 5.39. The van der Waals surface area contributed by atoms with Crippen molar-refractivity contribution in [2.24, 2.45) is 0 Å². The number of ether oxygens (including phenoxy) is 1. The van der Waals surface area contributed by atoms with Crippen molar-refractivity contribution in [3.05, 3.63) is 77.2 Å². The maximum atomic E-state index is 13.9. The minimum Gasteiger partial charge on any atom is -0.455 e. The van der Waals surface area contributed by atoms with Crippen LogP contribution in [-0.2, 0) is 12.7 Å². The molecule has 34 heavy (non-hydrogen) atoms. The Hall–Kier alpha value is -3.95. The van der Waals surface area contributed by atoms with Gasteiger partial charge < -0.3 is 15.0 Å². The Labute approximate surface area is 193 Å². The maximum absolute atomic E-state index is 13.9. The fourth-order valence-electron chi connectivity index (χ4n) is 3.72. The Bertz CT molecular complexity index is 1290. The van der Waals surface area contributed by atoms with Crippen molar-refractivity contribution in [2.45, 2.75) is 38.6 Å². The summed E-state index contributed by atoms with van der Waals surface area (Å²) in [7, 11) is 0. The van der Waals surface area contributed by atoms with E-state index >= 15 is 0 Å². The molecule has 10 heteroatoms. The van der Waals surface area contributed by atoms with Gasteiger partial charge in [0.1, 0.15) is 29.5 Å².